The molecule has 4 aromatic rings. The zero-order chi connectivity index (χ0) is 26.0. The van der Waals surface area contributed by atoms with Gasteiger partial charge in [-0.3, -0.25) is 4.68 Å². The van der Waals surface area contributed by atoms with Gasteiger partial charge in [0.2, 0.25) is 5.79 Å². The van der Waals surface area contributed by atoms with Crippen LogP contribution in [-0.2, 0) is 21.8 Å². The van der Waals surface area contributed by atoms with Gasteiger partial charge in [0.25, 0.3) is 0 Å². The minimum Gasteiger partial charge on any atom is -0.491 e. The van der Waals surface area contributed by atoms with Gasteiger partial charge >= 0.3 is 0 Å². The van der Waals surface area contributed by atoms with E-state index in [1.54, 1.807) is 30.9 Å². The maximum atomic E-state index is 6.56. The fourth-order valence-electron chi connectivity index (χ4n) is 4.92. The molecule has 2 atom stereocenters. The Morgan fingerprint density at radius 2 is 1.74 bits per heavy atom. The third kappa shape index (κ3) is 5.33. The Balaban J connectivity index is 1.07. The van der Waals surface area contributed by atoms with E-state index in [1.807, 2.05) is 46.2 Å². The minimum atomic E-state index is -1.07. The van der Waals surface area contributed by atoms with E-state index in [2.05, 4.69) is 32.0 Å². The molecule has 2 aromatic carbocycles. The van der Waals surface area contributed by atoms with E-state index in [9.17, 15) is 0 Å². The number of nitrogens with zero attached hydrogens (tertiary/aromatic N) is 6. The summed E-state index contributed by atoms with van der Waals surface area (Å²) in [5.41, 5.74) is 1.90. The highest BCUT2D eigenvalue weighted by Gasteiger charge is 2.45. The molecule has 2 aliphatic heterocycles. The van der Waals surface area contributed by atoms with E-state index in [1.165, 1.54) is 5.69 Å². The second-order valence-electron chi connectivity index (χ2n) is 9.35. The maximum absolute atomic E-state index is 6.56. The van der Waals surface area contributed by atoms with Crippen LogP contribution in [0.3, 0.4) is 0 Å². The summed E-state index contributed by atoms with van der Waals surface area (Å²) in [6.45, 7) is 4.87. The molecule has 0 aliphatic carbocycles. The summed E-state index contributed by atoms with van der Waals surface area (Å²) in [6.07, 6.45) is 10.7. The summed E-state index contributed by atoms with van der Waals surface area (Å²) in [5, 5.41) is 3.33. The molecule has 11 heteroatoms. The van der Waals surface area contributed by atoms with Crippen molar-refractivity contribution < 1.29 is 14.2 Å². The molecule has 198 valence electrons. The molecule has 2 aromatic heterocycles. The summed E-state index contributed by atoms with van der Waals surface area (Å²) in [6, 6.07) is 13.5. The van der Waals surface area contributed by atoms with Gasteiger partial charge in [0.05, 0.1) is 37.6 Å². The molecule has 0 amide bonds. The summed E-state index contributed by atoms with van der Waals surface area (Å²) in [5.74, 6) is -0.287. The largest absolute Gasteiger partial charge is 0.491 e. The first kappa shape index (κ1) is 25.1. The van der Waals surface area contributed by atoms with Crippen LogP contribution >= 0.6 is 23.2 Å². The SMILES string of the molecule is Clc1ccc(C2(Cn3ccnc3)OCC(COc3ccc(N4CCN(n5ccnc5)CC4)cc3)O2)c(Cl)c1. The Kier molecular flexibility index (Phi) is 7.16. The first-order chi connectivity index (χ1) is 18.6. The monoisotopic (exact) mass is 554 g/mol. The molecular weight excluding hydrogens is 527 g/mol. The molecular formula is C27H28Cl2N6O3. The topological polar surface area (TPSA) is 69.8 Å². The van der Waals surface area contributed by atoms with Crippen molar-refractivity contribution in [3.63, 3.8) is 0 Å². The zero-order valence-corrected chi connectivity index (χ0v) is 22.2. The van der Waals surface area contributed by atoms with Crippen molar-refractivity contribution in [2.75, 3.05) is 49.3 Å². The predicted molar refractivity (Wildman–Crippen MR) is 146 cm³/mol. The van der Waals surface area contributed by atoms with Crippen LogP contribution in [-0.4, -0.2) is 64.7 Å². The number of halogens is 2. The summed E-state index contributed by atoms with van der Waals surface area (Å²) >= 11 is 12.7. The van der Waals surface area contributed by atoms with E-state index >= 15 is 0 Å². The van der Waals surface area contributed by atoms with Gasteiger partial charge in [0.15, 0.2) is 0 Å². The Labute approximate surface area is 231 Å². The fraction of sp³-hybridized carbons (Fsp3) is 0.333. The normalized spacial score (nSPS) is 21.7. The molecule has 2 saturated heterocycles. The third-order valence-electron chi connectivity index (χ3n) is 6.86. The van der Waals surface area contributed by atoms with E-state index in [0.717, 1.165) is 37.5 Å². The maximum Gasteiger partial charge on any atom is 0.215 e. The van der Waals surface area contributed by atoms with Crippen molar-refractivity contribution in [3.8, 4) is 5.75 Å². The lowest BCUT2D eigenvalue weighted by molar-refractivity contribution is -0.189. The molecule has 0 radical (unpaired) electrons. The lowest BCUT2D eigenvalue weighted by Gasteiger charge is -2.37. The smallest absolute Gasteiger partial charge is 0.215 e. The van der Waals surface area contributed by atoms with Crippen molar-refractivity contribution in [2.45, 2.75) is 18.4 Å². The van der Waals surface area contributed by atoms with E-state index < -0.39 is 5.79 Å². The summed E-state index contributed by atoms with van der Waals surface area (Å²) in [4.78, 5) is 10.7. The quantitative estimate of drug-likeness (QED) is 0.323. The molecule has 0 bridgehead atoms. The molecule has 0 spiro atoms. The zero-order valence-electron chi connectivity index (χ0n) is 20.7. The van der Waals surface area contributed by atoms with Crippen LogP contribution < -0.4 is 14.6 Å². The number of ether oxygens (including phenoxy) is 3. The molecule has 2 aliphatic rings. The summed E-state index contributed by atoms with van der Waals surface area (Å²) in [7, 11) is 0. The third-order valence-corrected chi connectivity index (χ3v) is 7.41. The second-order valence-corrected chi connectivity index (χ2v) is 10.2. The van der Waals surface area contributed by atoms with E-state index in [4.69, 9.17) is 37.4 Å². The Hall–Kier alpha value is -3.24. The molecule has 0 N–H and O–H groups in total. The first-order valence-corrected chi connectivity index (χ1v) is 13.3. The van der Waals surface area contributed by atoms with Gasteiger partial charge < -0.3 is 28.7 Å². The Morgan fingerprint density at radius 3 is 2.45 bits per heavy atom. The van der Waals surface area contributed by atoms with Gasteiger partial charge in [0.1, 0.15) is 24.8 Å². The lowest BCUT2D eigenvalue weighted by Crippen LogP contribution is -2.50. The molecule has 0 saturated carbocycles. The fourth-order valence-corrected chi connectivity index (χ4v) is 5.47. The molecule has 6 rings (SSSR count). The number of rotatable bonds is 8. The molecule has 38 heavy (non-hydrogen) atoms. The van der Waals surface area contributed by atoms with Gasteiger partial charge in [-0.15, -0.1) is 0 Å². The number of anilines is 1. The standard InChI is InChI=1S/C27H28Cl2N6O3/c28-21-1-6-25(26(29)15-21)27(18-32-9-7-30-19-32)37-17-24(38-27)16-36-23-4-2-22(3-5-23)33-11-13-34(14-12-33)35-10-8-31-20-35/h1-10,15,19-20,24H,11-14,16-18H2. The predicted octanol–water partition coefficient (Wildman–Crippen LogP) is 4.19. The van der Waals surface area contributed by atoms with Crippen molar-refractivity contribution >= 4 is 28.9 Å². The number of hydrogen-bond acceptors (Lipinski definition) is 7. The van der Waals surface area contributed by atoms with Crippen molar-refractivity contribution in [3.05, 3.63) is 95.5 Å². The average molecular weight is 555 g/mol. The van der Waals surface area contributed by atoms with Crippen molar-refractivity contribution in [2.24, 2.45) is 0 Å². The van der Waals surface area contributed by atoms with E-state index in [0.29, 0.717) is 29.8 Å². The molecule has 9 nitrogen and oxygen atoms in total. The number of hydrogen-bond donors (Lipinski definition) is 0. The highest BCUT2D eigenvalue weighted by Crippen LogP contribution is 2.40. The molecule has 2 fully saturated rings. The Morgan fingerprint density at radius 1 is 0.947 bits per heavy atom. The average Bonchev–Trinajstić information content (AvgIpc) is 3.72. The van der Waals surface area contributed by atoms with Crippen molar-refractivity contribution in [1.82, 2.24) is 19.2 Å². The van der Waals surface area contributed by atoms with Crippen LogP contribution in [0.25, 0.3) is 0 Å². The van der Waals surface area contributed by atoms with Gasteiger partial charge in [-0.1, -0.05) is 29.3 Å². The van der Waals surface area contributed by atoms with Crippen molar-refractivity contribution in [1.29, 1.82) is 0 Å². The molecule has 4 heterocycles. The number of benzene rings is 2. The first-order valence-electron chi connectivity index (χ1n) is 12.5. The highest BCUT2D eigenvalue weighted by molar-refractivity contribution is 6.35. The second kappa shape index (κ2) is 10.9. The number of aromatic nitrogens is 4. The highest BCUT2D eigenvalue weighted by atomic mass is 35.5. The van der Waals surface area contributed by atoms with Crippen LogP contribution in [0.5, 0.6) is 5.75 Å². The minimum absolute atomic E-state index is 0.277. The van der Waals surface area contributed by atoms with E-state index in [-0.39, 0.29) is 6.10 Å². The van der Waals surface area contributed by atoms with Crippen LogP contribution in [0.2, 0.25) is 10.0 Å². The van der Waals surface area contributed by atoms with Crippen LogP contribution in [0.1, 0.15) is 5.56 Å². The van der Waals surface area contributed by atoms with Crippen LogP contribution in [0.15, 0.2) is 79.9 Å². The van der Waals surface area contributed by atoms with Gasteiger partial charge in [-0.05, 0) is 36.4 Å². The molecule has 2 unspecified atom stereocenters. The van der Waals surface area contributed by atoms with Gasteiger partial charge in [0, 0.05) is 54.2 Å². The van der Waals surface area contributed by atoms with Gasteiger partial charge in [-0.25, -0.2) is 9.97 Å². The Bertz CT molecular complexity index is 1330. The lowest BCUT2D eigenvalue weighted by atomic mass is 10.1. The number of piperazine rings is 1. The summed E-state index contributed by atoms with van der Waals surface area (Å²) < 4.78 is 22.8. The van der Waals surface area contributed by atoms with Crippen LogP contribution in [0, 0.1) is 0 Å². The van der Waals surface area contributed by atoms with Gasteiger partial charge in [-0.2, -0.15) is 0 Å². The van der Waals surface area contributed by atoms with Crippen LogP contribution in [0.4, 0.5) is 5.69 Å². The number of imidazole rings is 2.